The summed E-state index contributed by atoms with van der Waals surface area (Å²) in [6.45, 7) is 6.42. The zero-order chi connectivity index (χ0) is 15.3. The van der Waals surface area contributed by atoms with Gasteiger partial charge in [-0.3, -0.25) is 5.01 Å². The molecule has 0 amide bonds. The molecule has 0 heterocycles. The lowest BCUT2D eigenvalue weighted by Crippen LogP contribution is -2.37. The van der Waals surface area contributed by atoms with E-state index in [1.165, 1.54) is 0 Å². The second-order valence-electron chi connectivity index (χ2n) is 5.80. The average Bonchev–Trinajstić information content (AvgIpc) is 2.37. The van der Waals surface area contributed by atoms with E-state index in [2.05, 4.69) is 26.2 Å². The number of anilines is 1. The zero-order valence-electron chi connectivity index (χ0n) is 12.5. The first-order valence-electron chi connectivity index (χ1n) is 6.51. The third-order valence-electron chi connectivity index (χ3n) is 2.78. The predicted molar refractivity (Wildman–Crippen MR) is 81.3 cm³/mol. The Kier molecular flexibility index (Phi) is 5.16. The maximum Gasteiger partial charge on any atom is 0.335 e. The van der Waals surface area contributed by atoms with Gasteiger partial charge in [0.15, 0.2) is 0 Å². The third kappa shape index (κ3) is 4.59. The first-order chi connectivity index (χ1) is 9.24. The van der Waals surface area contributed by atoms with Crippen LogP contribution < -0.4 is 16.2 Å². The Labute approximate surface area is 120 Å². The Hall–Kier alpha value is -2.01. The zero-order valence-corrected chi connectivity index (χ0v) is 12.5. The number of aromatic carboxylic acids is 1. The van der Waals surface area contributed by atoms with Gasteiger partial charge in [-0.25, -0.2) is 10.2 Å². The van der Waals surface area contributed by atoms with E-state index < -0.39 is 5.97 Å². The van der Waals surface area contributed by atoms with Gasteiger partial charge in [0.1, 0.15) is 5.82 Å². The summed E-state index contributed by atoms with van der Waals surface area (Å²) in [7, 11) is 1.77. The van der Waals surface area contributed by atoms with Gasteiger partial charge in [0, 0.05) is 7.05 Å². The molecular formula is C15H23N3O2. The number of nitrogens with zero attached hydrogens (tertiary/aromatic N) is 1. The minimum atomic E-state index is -0.941. The second-order valence-corrected chi connectivity index (χ2v) is 5.80. The van der Waals surface area contributed by atoms with Crippen molar-refractivity contribution >= 4 is 11.7 Å². The summed E-state index contributed by atoms with van der Waals surface area (Å²) >= 11 is 0. The molecule has 0 atom stereocenters. The van der Waals surface area contributed by atoms with Gasteiger partial charge in [-0.05, 0) is 42.2 Å². The fourth-order valence-corrected chi connectivity index (χ4v) is 1.66. The molecule has 0 saturated heterocycles. The highest BCUT2D eigenvalue weighted by Crippen LogP contribution is 2.21. The number of allylic oxidation sites excluding steroid dienone is 1. The minimum absolute atomic E-state index is 0.164. The van der Waals surface area contributed by atoms with Crippen LogP contribution in [0.5, 0.6) is 0 Å². The minimum Gasteiger partial charge on any atom is -0.478 e. The van der Waals surface area contributed by atoms with Crippen LogP contribution >= 0.6 is 0 Å². The van der Waals surface area contributed by atoms with Gasteiger partial charge in [0.2, 0.25) is 0 Å². The maximum atomic E-state index is 10.8. The number of carboxylic acid groups (broad SMARTS) is 1. The summed E-state index contributed by atoms with van der Waals surface area (Å²) in [5, 5.41) is 10.6. The molecule has 5 nitrogen and oxygen atoms in total. The number of hydrazine groups is 1. The van der Waals surface area contributed by atoms with Crippen LogP contribution in [0.1, 0.15) is 37.6 Å². The lowest BCUT2D eigenvalue weighted by Gasteiger charge is -2.25. The number of rotatable bonds is 5. The first-order valence-corrected chi connectivity index (χ1v) is 6.51. The van der Waals surface area contributed by atoms with E-state index >= 15 is 0 Å². The van der Waals surface area contributed by atoms with Crippen LogP contribution in [-0.2, 0) is 0 Å². The van der Waals surface area contributed by atoms with E-state index in [-0.39, 0.29) is 11.0 Å². The molecule has 20 heavy (non-hydrogen) atoms. The monoisotopic (exact) mass is 277 g/mol. The highest BCUT2D eigenvalue weighted by Gasteiger charge is 2.12. The molecule has 0 aromatic heterocycles. The molecule has 0 aliphatic carbocycles. The molecule has 1 aromatic rings. The van der Waals surface area contributed by atoms with Crippen LogP contribution in [0.3, 0.4) is 0 Å². The number of carboxylic acids is 1. The normalized spacial score (nSPS) is 12.3. The smallest absolute Gasteiger partial charge is 0.335 e. The molecule has 0 spiro atoms. The molecule has 4 N–H and O–H groups in total. The second kappa shape index (κ2) is 6.43. The molecule has 0 bridgehead atoms. The standard InChI is InChI=1S/C15H23N3O2/c1-15(2,3)10-9-13(16)18(17-4)12-7-5-11(6-8-12)14(19)20/h5-9,17H,10,16H2,1-4H3,(H,19,20)/b13-9-. The van der Waals surface area contributed by atoms with E-state index in [1.54, 1.807) is 36.3 Å². The molecule has 1 rings (SSSR count). The van der Waals surface area contributed by atoms with Crippen LogP contribution in [0.2, 0.25) is 0 Å². The molecule has 0 fully saturated rings. The topological polar surface area (TPSA) is 78.6 Å². The number of nitrogens with one attached hydrogen (secondary N) is 1. The summed E-state index contributed by atoms with van der Waals surface area (Å²) in [6, 6.07) is 6.55. The van der Waals surface area contributed by atoms with Gasteiger partial charge < -0.3 is 10.8 Å². The highest BCUT2D eigenvalue weighted by molar-refractivity contribution is 5.88. The first kappa shape index (κ1) is 16.0. The predicted octanol–water partition coefficient (Wildman–Crippen LogP) is 2.56. The van der Waals surface area contributed by atoms with E-state index in [0.717, 1.165) is 12.1 Å². The summed E-state index contributed by atoms with van der Waals surface area (Å²) in [4.78, 5) is 10.8. The fourth-order valence-electron chi connectivity index (χ4n) is 1.66. The Bertz CT molecular complexity index is 487. The van der Waals surface area contributed by atoms with Crippen molar-refractivity contribution < 1.29 is 9.90 Å². The van der Waals surface area contributed by atoms with E-state index in [9.17, 15) is 4.79 Å². The average molecular weight is 277 g/mol. The van der Waals surface area contributed by atoms with Gasteiger partial charge >= 0.3 is 5.97 Å². The summed E-state index contributed by atoms with van der Waals surface area (Å²) in [6.07, 6.45) is 2.81. The Morgan fingerprint density at radius 1 is 1.35 bits per heavy atom. The third-order valence-corrected chi connectivity index (χ3v) is 2.78. The van der Waals surface area contributed by atoms with Gasteiger partial charge in [0.25, 0.3) is 0 Å². The highest BCUT2D eigenvalue weighted by atomic mass is 16.4. The molecule has 0 radical (unpaired) electrons. The summed E-state index contributed by atoms with van der Waals surface area (Å²) < 4.78 is 0. The Morgan fingerprint density at radius 3 is 2.30 bits per heavy atom. The van der Waals surface area contributed by atoms with Gasteiger partial charge in [-0.1, -0.05) is 20.8 Å². The number of nitrogens with two attached hydrogens (primary N) is 1. The van der Waals surface area contributed by atoms with Crippen LogP contribution in [0, 0.1) is 5.41 Å². The van der Waals surface area contributed by atoms with Crippen molar-refractivity contribution in [2.24, 2.45) is 11.1 Å². The molecular weight excluding hydrogens is 254 g/mol. The molecule has 0 unspecified atom stereocenters. The fraction of sp³-hybridized carbons (Fsp3) is 0.400. The summed E-state index contributed by atoms with van der Waals surface area (Å²) in [5.74, 6) is -0.352. The molecule has 0 aliphatic heterocycles. The molecule has 5 heteroatoms. The lowest BCUT2D eigenvalue weighted by molar-refractivity contribution is 0.0697. The molecule has 0 aliphatic rings. The van der Waals surface area contributed by atoms with Crippen LogP contribution in [-0.4, -0.2) is 18.1 Å². The van der Waals surface area contributed by atoms with Crippen molar-refractivity contribution in [2.45, 2.75) is 27.2 Å². The Balaban J connectivity index is 2.92. The van der Waals surface area contributed by atoms with Crippen molar-refractivity contribution in [3.05, 3.63) is 41.7 Å². The van der Waals surface area contributed by atoms with E-state index in [1.807, 2.05) is 6.08 Å². The van der Waals surface area contributed by atoms with Crippen molar-refractivity contribution in [3.8, 4) is 0 Å². The van der Waals surface area contributed by atoms with Crippen molar-refractivity contribution in [2.75, 3.05) is 12.1 Å². The number of hydrogen-bond donors (Lipinski definition) is 3. The van der Waals surface area contributed by atoms with Crippen LogP contribution in [0.15, 0.2) is 36.2 Å². The van der Waals surface area contributed by atoms with Gasteiger partial charge in [-0.2, -0.15) is 0 Å². The maximum absolute atomic E-state index is 10.8. The number of carbonyl (C=O) groups is 1. The van der Waals surface area contributed by atoms with Gasteiger partial charge in [0.05, 0.1) is 11.3 Å². The van der Waals surface area contributed by atoms with Gasteiger partial charge in [-0.15, -0.1) is 0 Å². The van der Waals surface area contributed by atoms with Crippen LogP contribution in [0.4, 0.5) is 5.69 Å². The van der Waals surface area contributed by atoms with E-state index in [0.29, 0.717) is 5.82 Å². The molecule has 1 aromatic carbocycles. The van der Waals surface area contributed by atoms with E-state index in [4.69, 9.17) is 10.8 Å². The molecule has 0 saturated carbocycles. The Morgan fingerprint density at radius 2 is 1.90 bits per heavy atom. The largest absolute Gasteiger partial charge is 0.478 e. The van der Waals surface area contributed by atoms with Crippen molar-refractivity contribution in [3.63, 3.8) is 0 Å². The number of hydrogen-bond acceptors (Lipinski definition) is 4. The lowest BCUT2D eigenvalue weighted by atomic mass is 9.92. The summed E-state index contributed by atoms with van der Waals surface area (Å²) in [5.41, 5.74) is 10.3. The number of benzene rings is 1. The van der Waals surface area contributed by atoms with Crippen molar-refractivity contribution in [1.29, 1.82) is 0 Å². The SMILES string of the molecule is CNN(/C(N)=C\CC(C)(C)C)c1ccc(C(=O)O)cc1. The van der Waals surface area contributed by atoms with Crippen molar-refractivity contribution in [1.82, 2.24) is 5.43 Å². The van der Waals surface area contributed by atoms with Crippen LogP contribution in [0.25, 0.3) is 0 Å². The quantitative estimate of drug-likeness (QED) is 0.721. The molecule has 110 valence electrons.